The number of hydrogen-bond donors (Lipinski definition) is 8. The van der Waals surface area contributed by atoms with Crippen LogP contribution in [0.3, 0.4) is 0 Å². The van der Waals surface area contributed by atoms with Crippen LogP contribution in [-0.2, 0) is 87.6 Å². The Balaban J connectivity index is 0.709. The lowest BCUT2D eigenvalue weighted by Gasteiger charge is -2.47. The predicted molar refractivity (Wildman–Crippen MR) is 348 cm³/mol. The number of fused-ring (bicyclic) bond motifs is 9. The van der Waals surface area contributed by atoms with Crippen molar-refractivity contribution in [1.82, 2.24) is 26.3 Å². The van der Waals surface area contributed by atoms with Gasteiger partial charge in [-0.15, -0.1) is 0 Å². The lowest BCUT2D eigenvalue weighted by molar-refractivity contribution is -0.277. The molecule has 8 saturated heterocycles. The summed E-state index contributed by atoms with van der Waals surface area (Å²) in [5.41, 5.74) is 8.13. The molecule has 98 heavy (non-hydrogen) atoms. The molecule has 8 fully saturated rings. The second-order valence-corrected chi connectivity index (χ2v) is 28.3. The number of urea groups is 1. The number of nitrogens with zero attached hydrogens (tertiary/aromatic N) is 1. The van der Waals surface area contributed by atoms with Crippen molar-refractivity contribution in [2.75, 3.05) is 25.5 Å². The van der Waals surface area contributed by atoms with Gasteiger partial charge in [0, 0.05) is 102 Å². The number of Topliss-reactive ketones (excluding diaryl/α,β-unsaturated/α-hetero) is 1. The minimum absolute atomic E-state index is 0.0166. The van der Waals surface area contributed by atoms with Gasteiger partial charge in [-0.05, 0) is 111 Å². The average Bonchev–Trinajstić information content (AvgIpc) is 1.58. The van der Waals surface area contributed by atoms with Crippen LogP contribution in [0.5, 0.6) is 0 Å². The zero-order valence-electron chi connectivity index (χ0n) is 56.6. The van der Waals surface area contributed by atoms with Gasteiger partial charge in [-0.3, -0.25) is 28.8 Å². The summed E-state index contributed by atoms with van der Waals surface area (Å²) >= 11 is 0. The highest BCUT2D eigenvalue weighted by molar-refractivity contribution is 6.12. The molecule has 9 aliphatic heterocycles. The number of nitrogens with one attached hydrogen (secondary N) is 5. The van der Waals surface area contributed by atoms with Gasteiger partial charge in [0.25, 0.3) is 11.8 Å². The molecule has 10 bridgehead atoms. The SMILES string of the molecule is C=C1CC2CC[C@]34C[C@@H](O)C(O3)C3CC(O4)[C@H]4OC(CCC4O3)CC(=O)CC3[C@@H](OC)C(CC(O)CNC(=O)OCc4ccc(NC(=O)C(CCCNC(N)=O)NC(=O)[C@@H](NC(=O)CCCCCC(=O)ON5C(=O)C=CC5=O)C(C)C)cc4)O[C@H]3CC3OC(CCC1O2)C[C@@H](C)C3=C. The number of aliphatic hydroxyl groups is 2. The smallest absolute Gasteiger partial charge is 0.407 e. The van der Waals surface area contributed by atoms with E-state index in [0.29, 0.717) is 86.9 Å². The van der Waals surface area contributed by atoms with Crippen LogP contribution in [0.4, 0.5) is 15.3 Å². The van der Waals surface area contributed by atoms with Crippen molar-refractivity contribution in [2.24, 2.45) is 23.5 Å². The quantitative estimate of drug-likeness (QED) is 0.0394. The number of rotatable bonds is 24. The van der Waals surface area contributed by atoms with Crippen molar-refractivity contribution in [3.05, 3.63) is 66.3 Å². The molecule has 8 amide bonds. The summed E-state index contributed by atoms with van der Waals surface area (Å²) in [5.74, 6) is -5.69. The number of methoxy groups -OCH3 is 1. The maximum absolute atomic E-state index is 14.5. The number of carbonyl (C=O) groups is 9. The Morgan fingerprint density at radius 3 is 2.23 bits per heavy atom. The van der Waals surface area contributed by atoms with E-state index in [4.69, 9.17) is 53.2 Å². The number of aliphatic hydroxyl groups excluding tert-OH is 2. The summed E-state index contributed by atoms with van der Waals surface area (Å²) in [4.78, 5) is 120. The van der Waals surface area contributed by atoms with E-state index >= 15 is 0 Å². The zero-order valence-corrected chi connectivity index (χ0v) is 56.6. The third-order valence-corrected chi connectivity index (χ3v) is 20.5. The first-order valence-electron chi connectivity index (χ1n) is 35.0. The molecular formula is C70H99N7O21. The van der Waals surface area contributed by atoms with Crippen molar-refractivity contribution < 1.29 is 101 Å². The fraction of sp³-hybridized carbons (Fsp3) is 0.700. The van der Waals surface area contributed by atoms with Crippen molar-refractivity contribution in [2.45, 2.75) is 272 Å². The van der Waals surface area contributed by atoms with Crippen LogP contribution in [-0.4, -0.2) is 198 Å². The number of carbonyl (C=O) groups excluding carboxylic acids is 9. The highest BCUT2D eigenvalue weighted by atomic mass is 16.7. The Morgan fingerprint density at radius 2 is 1.49 bits per heavy atom. The summed E-state index contributed by atoms with van der Waals surface area (Å²) in [6, 6.07) is 3.51. The van der Waals surface area contributed by atoms with E-state index in [1.807, 2.05) is 0 Å². The largest absolute Gasteiger partial charge is 0.445 e. The van der Waals surface area contributed by atoms with E-state index in [1.165, 1.54) is 0 Å². The standard InChI is InChI=1S/C70H99N7O21/c1-37(2)62(76-58(81)12-8-7-9-13-61(84)98-77-59(82)22-23-60(77)83)67(86)75-49(11-10-26-72-68(71)87)66(85)74-42-16-14-41(15-17-42)36-90-69(88)73-35-44(79)31-55-63(89-6)48-30-43(78)29-46-19-21-52-65(93-46)57-33-56(94-52)64-50(80)34-70(96-57,97-64)25-24-47-28-39(4)51(91-47)20-18-45-27-38(3)40(5)53(92-45)32-54(48)95-55/h14-17,22-23,37-38,44-57,62-65,79-80H,4-5,7-13,18-21,24-36H2,1-3,6H3,(H,73,88)(H,74,85)(H,75,86)(H,76,81)(H3,71,72,87)/t38-,44?,45?,46?,47?,48?,49?,50-,51?,52?,53?,54+,55?,56?,57?,62+,63-,64?,65+,70-/m1/s1. The van der Waals surface area contributed by atoms with E-state index < -0.39 is 126 Å². The van der Waals surface area contributed by atoms with Crippen LogP contribution in [0.25, 0.3) is 0 Å². The Kier molecular flexibility index (Phi) is 25.4. The third kappa shape index (κ3) is 19.2. The van der Waals surface area contributed by atoms with Crippen LogP contribution in [0.1, 0.15) is 161 Å². The van der Waals surface area contributed by atoms with Gasteiger partial charge in [-0.1, -0.05) is 57.5 Å². The number of alkyl carbamates (subject to hydrolysis) is 1. The second-order valence-electron chi connectivity index (χ2n) is 28.3. The molecule has 20 atom stereocenters. The fourth-order valence-electron chi connectivity index (χ4n) is 15.3. The molecule has 1 aromatic carbocycles. The van der Waals surface area contributed by atoms with Gasteiger partial charge in [-0.25, -0.2) is 14.4 Å². The number of nitrogens with two attached hydrogens (primary N) is 1. The number of benzene rings is 1. The van der Waals surface area contributed by atoms with Crippen molar-refractivity contribution in [1.29, 1.82) is 0 Å². The van der Waals surface area contributed by atoms with Gasteiger partial charge >= 0.3 is 18.1 Å². The van der Waals surface area contributed by atoms with Gasteiger partial charge in [-0.2, -0.15) is 0 Å². The number of ketones is 1. The van der Waals surface area contributed by atoms with Crippen LogP contribution in [0.15, 0.2) is 60.7 Å². The van der Waals surface area contributed by atoms with E-state index in [1.54, 1.807) is 45.2 Å². The molecule has 28 nitrogen and oxygen atoms in total. The molecule has 9 N–H and O–H groups in total. The van der Waals surface area contributed by atoms with Gasteiger partial charge in [0.2, 0.25) is 17.7 Å². The molecule has 0 aromatic heterocycles. The molecular weight excluding hydrogens is 1270 g/mol. The molecule has 13 unspecified atom stereocenters. The molecule has 1 aromatic rings. The number of hydrogen-bond acceptors (Lipinski definition) is 21. The van der Waals surface area contributed by atoms with Crippen molar-refractivity contribution in [3.63, 3.8) is 0 Å². The molecule has 1 spiro atoms. The Hall–Kier alpha value is -6.73. The van der Waals surface area contributed by atoms with Gasteiger partial charge in [0.05, 0.1) is 79.4 Å². The molecule has 0 saturated carbocycles. The summed E-state index contributed by atoms with van der Waals surface area (Å²) in [6.45, 7) is 14.3. The first-order chi connectivity index (χ1) is 46.9. The molecule has 28 heteroatoms. The topological polar surface area (TPSA) is 376 Å². The van der Waals surface area contributed by atoms with Crippen LogP contribution >= 0.6 is 0 Å². The Bertz CT molecular complexity index is 3080. The summed E-state index contributed by atoms with van der Waals surface area (Å²) in [6.07, 6.45) is 2.68. The minimum atomic E-state index is -1.12. The minimum Gasteiger partial charge on any atom is -0.445 e. The monoisotopic (exact) mass is 1370 g/mol. The van der Waals surface area contributed by atoms with Gasteiger partial charge < -0.3 is 90.0 Å². The van der Waals surface area contributed by atoms with Crippen LogP contribution in [0.2, 0.25) is 0 Å². The predicted octanol–water partition coefficient (Wildman–Crippen LogP) is 4.74. The molecule has 0 radical (unpaired) electrons. The van der Waals surface area contributed by atoms with Crippen molar-refractivity contribution >= 4 is 59.1 Å². The highest BCUT2D eigenvalue weighted by Gasteiger charge is 2.60. The molecule has 10 rings (SSSR count). The van der Waals surface area contributed by atoms with Crippen LogP contribution in [0, 0.1) is 17.8 Å². The Labute approximate surface area is 571 Å². The maximum atomic E-state index is 14.5. The van der Waals surface area contributed by atoms with E-state index in [2.05, 4.69) is 46.7 Å². The number of unbranched alkanes of at least 4 members (excludes halogenated alkanes) is 2. The number of anilines is 1. The zero-order chi connectivity index (χ0) is 69.9. The van der Waals surface area contributed by atoms with Gasteiger partial charge in [0.1, 0.15) is 36.7 Å². The van der Waals surface area contributed by atoms with E-state index in [9.17, 15) is 53.4 Å². The summed E-state index contributed by atoms with van der Waals surface area (Å²) in [7, 11) is 1.57. The Morgan fingerprint density at radius 1 is 0.755 bits per heavy atom. The number of primary amides is 1. The lowest BCUT2D eigenvalue weighted by atomic mass is 9.81. The number of amides is 8. The highest BCUT2D eigenvalue weighted by Crippen LogP contribution is 2.49. The van der Waals surface area contributed by atoms with Gasteiger partial charge in [0.15, 0.2) is 5.79 Å². The molecule has 540 valence electrons. The second kappa shape index (κ2) is 33.6. The summed E-state index contributed by atoms with van der Waals surface area (Å²) < 4.78 is 59.1. The fourth-order valence-corrected chi connectivity index (χ4v) is 15.3. The third-order valence-electron chi connectivity index (χ3n) is 20.5. The van der Waals surface area contributed by atoms with E-state index in [0.717, 1.165) is 42.6 Å². The molecule has 0 aliphatic carbocycles. The maximum Gasteiger partial charge on any atom is 0.407 e. The number of ether oxygens (including phenoxy) is 9. The summed E-state index contributed by atoms with van der Waals surface area (Å²) in [5, 5.41) is 36.6. The first-order valence-corrected chi connectivity index (χ1v) is 35.0. The number of hydroxylamine groups is 2. The number of imide groups is 1. The lowest BCUT2D eigenvalue weighted by Crippen LogP contribution is -2.58. The van der Waals surface area contributed by atoms with Crippen molar-refractivity contribution in [3.8, 4) is 0 Å². The normalized spacial score (nSPS) is 33.2. The average molecular weight is 1370 g/mol. The van der Waals surface area contributed by atoms with Crippen LogP contribution < -0.4 is 32.3 Å². The molecule has 9 aliphatic rings. The molecule has 9 heterocycles. The van der Waals surface area contributed by atoms with E-state index in [-0.39, 0.29) is 119 Å². The first kappa shape index (κ1) is 74.0.